The van der Waals surface area contributed by atoms with Gasteiger partial charge in [-0.25, -0.2) is 4.98 Å². The minimum Gasteiger partial charge on any atom is -0.368 e. The molecule has 1 aliphatic heterocycles. The maximum absolute atomic E-state index is 12.6. The summed E-state index contributed by atoms with van der Waals surface area (Å²) in [5.41, 5.74) is 1.55. The van der Waals surface area contributed by atoms with Crippen LogP contribution < -0.4 is 0 Å². The van der Waals surface area contributed by atoms with Crippen LogP contribution in [-0.4, -0.2) is 45.5 Å². The quantitative estimate of drug-likeness (QED) is 0.845. The van der Waals surface area contributed by atoms with Crippen molar-refractivity contribution in [2.24, 2.45) is 0 Å². The summed E-state index contributed by atoms with van der Waals surface area (Å²) in [6.45, 7) is 5.37. The molecule has 2 aromatic heterocycles. The molecular formula is C14H16N4O2S. The molecule has 7 heteroatoms. The number of carbonyl (C=O) groups is 1. The maximum atomic E-state index is 12.6. The third kappa shape index (κ3) is 2.93. The molecule has 0 bridgehead atoms. The van der Waals surface area contributed by atoms with Crippen LogP contribution in [0.15, 0.2) is 18.6 Å². The number of carbonyl (C=O) groups excluding carboxylic acids is 1. The number of rotatable bonds is 2. The van der Waals surface area contributed by atoms with Gasteiger partial charge in [0, 0.05) is 18.9 Å². The molecular weight excluding hydrogens is 288 g/mol. The van der Waals surface area contributed by atoms with E-state index in [0.717, 1.165) is 16.4 Å². The Labute approximate surface area is 126 Å². The topological polar surface area (TPSA) is 68.2 Å². The lowest BCUT2D eigenvalue weighted by molar-refractivity contribution is -0.0247. The summed E-state index contributed by atoms with van der Waals surface area (Å²) in [5, 5.41) is 0.912. The molecule has 0 radical (unpaired) electrons. The van der Waals surface area contributed by atoms with Gasteiger partial charge in [-0.3, -0.25) is 14.8 Å². The van der Waals surface area contributed by atoms with Crippen LogP contribution in [0.3, 0.4) is 0 Å². The van der Waals surface area contributed by atoms with Gasteiger partial charge >= 0.3 is 0 Å². The molecule has 1 aliphatic rings. The Bertz CT molecular complexity index is 644. The van der Waals surface area contributed by atoms with E-state index in [9.17, 15) is 4.79 Å². The molecule has 3 rings (SSSR count). The lowest BCUT2D eigenvalue weighted by atomic mass is 10.2. The van der Waals surface area contributed by atoms with Crippen molar-refractivity contribution >= 4 is 17.2 Å². The monoisotopic (exact) mass is 304 g/mol. The van der Waals surface area contributed by atoms with Crippen molar-refractivity contribution in [1.29, 1.82) is 0 Å². The van der Waals surface area contributed by atoms with Crippen molar-refractivity contribution in [3.8, 4) is 0 Å². The fraction of sp³-hybridized carbons (Fsp3) is 0.429. The second kappa shape index (κ2) is 5.87. The smallest absolute Gasteiger partial charge is 0.266 e. The minimum atomic E-state index is -0.217. The van der Waals surface area contributed by atoms with Gasteiger partial charge in [0.1, 0.15) is 11.0 Å². The average molecular weight is 304 g/mol. The van der Waals surface area contributed by atoms with Crippen LogP contribution in [0.2, 0.25) is 0 Å². The van der Waals surface area contributed by atoms with E-state index in [1.54, 1.807) is 18.6 Å². The van der Waals surface area contributed by atoms with E-state index in [2.05, 4.69) is 15.0 Å². The number of hydrogen-bond donors (Lipinski definition) is 0. The molecule has 0 aliphatic carbocycles. The summed E-state index contributed by atoms with van der Waals surface area (Å²) in [6.07, 6.45) is 4.72. The largest absolute Gasteiger partial charge is 0.368 e. The van der Waals surface area contributed by atoms with Gasteiger partial charge in [0.25, 0.3) is 5.91 Å². The maximum Gasteiger partial charge on any atom is 0.266 e. The number of thiazole rings is 1. The Balaban J connectivity index is 1.77. The second-order valence-corrected chi connectivity index (χ2v) is 6.09. The van der Waals surface area contributed by atoms with E-state index >= 15 is 0 Å². The first-order chi connectivity index (χ1) is 10.1. The third-order valence-electron chi connectivity index (χ3n) is 3.36. The highest BCUT2D eigenvalue weighted by atomic mass is 32.1. The van der Waals surface area contributed by atoms with E-state index in [1.165, 1.54) is 11.3 Å². The number of nitrogens with zero attached hydrogens (tertiary/aromatic N) is 4. The predicted molar refractivity (Wildman–Crippen MR) is 78.2 cm³/mol. The predicted octanol–water partition coefficient (Wildman–Crippen LogP) is 1.76. The van der Waals surface area contributed by atoms with Crippen LogP contribution in [0.25, 0.3) is 0 Å². The van der Waals surface area contributed by atoms with Crippen molar-refractivity contribution in [3.63, 3.8) is 0 Å². The molecule has 0 aromatic carbocycles. The molecule has 1 saturated heterocycles. The van der Waals surface area contributed by atoms with Crippen LogP contribution >= 0.6 is 11.3 Å². The van der Waals surface area contributed by atoms with Crippen LogP contribution in [-0.2, 0) is 4.74 Å². The summed E-state index contributed by atoms with van der Waals surface area (Å²) >= 11 is 1.44. The fourth-order valence-electron chi connectivity index (χ4n) is 2.36. The Morgan fingerprint density at radius 1 is 1.43 bits per heavy atom. The van der Waals surface area contributed by atoms with Gasteiger partial charge in [-0.1, -0.05) is 0 Å². The lowest BCUT2D eigenvalue weighted by Gasteiger charge is -2.32. The number of aromatic nitrogens is 3. The van der Waals surface area contributed by atoms with E-state index < -0.39 is 0 Å². The number of aryl methyl sites for hydroxylation is 2. The molecule has 0 saturated carbocycles. The second-order valence-electron chi connectivity index (χ2n) is 4.89. The van der Waals surface area contributed by atoms with Gasteiger partial charge in [0.15, 0.2) is 0 Å². The first-order valence-corrected chi connectivity index (χ1v) is 7.57. The van der Waals surface area contributed by atoms with Crippen molar-refractivity contribution < 1.29 is 9.53 Å². The van der Waals surface area contributed by atoms with Crippen molar-refractivity contribution in [2.45, 2.75) is 20.0 Å². The molecule has 3 heterocycles. The highest BCUT2D eigenvalue weighted by molar-refractivity contribution is 7.13. The van der Waals surface area contributed by atoms with Crippen LogP contribution in [0, 0.1) is 13.8 Å². The van der Waals surface area contributed by atoms with Crippen LogP contribution in [0.1, 0.15) is 32.2 Å². The molecule has 1 fully saturated rings. The first kappa shape index (κ1) is 14.1. The van der Waals surface area contributed by atoms with Crippen LogP contribution in [0.5, 0.6) is 0 Å². The molecule has 0 unspecified atom stereocenters. The zero-order chi connectivity index (χ0) is 14.8. The highest BCUT2D eigenvalue weighted by Crippen LogP contribution is 2.24. The lowest BCUT2D eigenvalue weighted by Crippen LogP contribution is -2.42. The SMILES string of the molecule is Cc1nc(C)c(C(=O)N2CCO[C@H](c3cnccn3)C2)s1. The number of morpholine rings is 1. The van der Waals surface area contributed by atoms with E-state index in [1.807, 2.05) is 18.7 Å². The number of hydrogen-bond acceptors (Lipinski definition) is 6. The molecule has 0 N–H and O–H groups in total. The summed E-state index contributed by atoms with van der Waals surface area (Å²) < 4.78 is 5.71. The Morgan fingerprint density at radius 2 is 2.29 bits per heavy atom. The van der Waals surface area contributed by atoms with Gasteiger partial charge in [-0.05, 0) is 13.8 Å². The molecule has 21 heavy (non-hydrogen) atoms. The van der Waals surface area contributed by atoms with Crippen LogP contribution in [0.4, 0.5) is 0 Å². The van der Waals surface area contributed by atoms with Gasteiger partial charge in [0.2, 0.25) is 0 Å². The third-order valence-corrected chi connectivity index (χ3v) is 4.43. The Morgan fingerprint density at radius 3 is 2.95 bits per heavy atom. The normalized spacial score (nSPS) is 18.8. The minimum absolute atomic E-state index is 0.0234. The molecule has 1 atom stereocenters. The van der Waals surface area contributed by atoms with E-state index in [-0.39, 0.29) is 12.0 Å². The standard InChI is InChI=1S/C14H16N4O2S/c1-9-13(21-10(2)17-9)14(19)18-5-6-20-12(8-18)11-7-15-3-4-16-11/h3-4,7,12H,5-6,8H2,1-2H3/t12-/m0/s1. The number of amides is 1. The Kier molecular flexibility index (Phi) is 3.94. The number of ether oxygens (including phenoxy) is 1. The zero-order valence-electron chi connectivity index (χ0n) is 11.9. The highest BCUT2D eigenvalue weighted by Gasteiger charge is 2.28. The summed E-state index contributed by atoms with van der Waals surface area (Å²) in [5.74, 6) is 0.0234. The van der Waals surface area contributed by atoms with E-state index in [4.69, 9.17) is 4.74 Å². The average Bonchev–Trinajstić information content (AvgIpc) is 2.86. The van der Waals surface area contributed by atoms with Gasteiger partial charge in [0.05, 0.1) is 35.7 Å². The zero-order valence-corrected chi connectivity index (χ0v) is 12.8. The van der Waals surface area contributed by atoms with Gasteiger partial charge in [-0.2, -0.15) is 0 Å². The molecule has 6 nitrogen and oxygen atoms in total. The fourth-order valence-corrected chi connectivity index (χ4v) is 3.25. The molecule has 2 aromatic rings. The summed E-state index contributed by atoms with van der Waals surface area (Å²) in [6, 6.07) is 0. The van der Waals surface area contributed by atoms with Gasteiger partial charge < -0.3 is 9.64 Å². The van der Waals surface area contributed by atoms with Gasteiger partial charge in [-0.15, -0.1) is 11.3 Å². The molecule has 0 spiro atoms. The molecule has 110 valence electrons. The van der Waals surface area contributed by atoms with Crippen molar-refractivity contribution in [2.75, 3.05) is 19.7 Å². The Hall–Kier alpha value is -1.86. The van der Waals surface area contributed by atoms with Crippen molar-refractivity contribution in [3.05, 3.63) is 39.9 Å². The summed E-state index contributed by atoms with van der Waals surface area (Å²) in [7, 11) is 0. The summed E-state index contributed by atoms with van der Waals surface area (Å²) in [4.78, 5) is 27.8. The van der Waals surface area contributed by atoms with Crippen molar-refractivity contribution in [1.82, 2.24) is 19.9 Å². The van der Waals surface area contributed by atoms with E-state index in [0.29, 0.717) is 24.6 Å². The first-order valence-electron chi connectivity index (χ1n) is 6.76. The molecule has 1 amide bonds.